The van der Waals surface area contributed by atoms with Crippen molar-refractivity contribution in [2.24, 2.45) is 0 Å². The number of carbonyl (C=O) groups is 1. The topological polar surface area (TPSA) is 47.2 Å². The molecule has 6 heteroatoms. The Hall–Kier alpha value is -2.08. The van der Waals surface area contributed by atoms with E-state index in [4.69, 9.17) is 16.3 Å². The van der Waals surface area contributed by atoms with Crippen molar-refractivity contribution >= 4 is 17.5 Å². The SMILES string of the molecule is COc1ccc(C)cc1C[NH+]1CC[NH+](CC(=O)NCCc2ccc(Cl)cc2)CC1. The lowest BCUT2D eigenvalue weighted by Crippen LogP contribution is -3.28. The highest BCUT2D eigenvalue weighted by Gasteiger charge is 2.25. The molecular formula is C23H32ClN3O2+2. The number of aryl methyl sites for hydroxylation is 1. The van der Waals surface area contributed by atoms with Crippen molar-refractivity contribution < 1.29 is 19.3 Å². The molecule has 3 rings (SSSR count). The summed E-state index contributed by atoms with van der Waals surface area (Å²) in [6.45, 7) is 8.51. The Bertz CT molecular complexity index is 802. The Morgan fingerprint density at radius 2 is 1.76 bits per heavy atom. The average molecular weight is 418 g/mol. The fourth-order valence-corrected chi connectivity index (χ4v) is 4.04. The molecule has 0 atom stereocenters. The van der Waals surface area contributed by atoms with Crippen molar-refractivity contribution in [1.82, 2.24) is 5.32 Å². The van der Waals surface area contributed by atoms with Gasteiger partial charge in [0.2, 0.25) is 0 Å². The van der Waals surface area contributed by atoms with E-state index in [-0.39, 0.29) is 5.91 Å². The summed E-state index contributed by atoms with van der Waals surface area (Å²) in [6.07, 6.45) is 0.828. The van der Waals surface area contributed by atoms with Crippen molar-refractivity contribution in [3.05, 3.63) is 64.2 Å². The van der Waals surface area contributed by atoms with E-state index < -0.39 is 0 Å². The molecule has 2 aromatic rings. The number of nitrogens with one attached hydrogen (secondary N) is 3. The monoisotopic (exact) mass is 417 g/mol. The van der Waals surface area contributed by atoms with Gasteiger partial charge in [-0.25, -0.2) is 0 Å². The molecule has 0 aliphatic carbocycles. The van der Waals surface area contributed by atoms with Gasteiger partial charge in [0.05, 0.1) is 7.11 Å². The maximum atomic E-state index is 12.3. The second kappa shape index (κ2) is 10.6. The van der Waals surface area contributed by atoms with Gasteiger partial charge in [-0.15, -0.1) is 0 Å². The maximum Gasteiger partial charge on any atom is 0.275 e. The molecule has 0 saturated carbocycles. The number of rotatable bonds is 8. The number of amides is 1. The van der Waals surface area contributed by atoms with Crippen molar-refractivity contribution in [3.8, 4) is 5.75 Å². The van der Waals surface area contributed by atoms with Gasteiger partial charge in [0.15, 0.2) is 6.54 Å². The zero-order valence-corrected chi connectivity index (χ0v) is 18.1. The average Bonchev–Trinajstić information content (AvgIpc) is 2.71. The zero-order valence-electron chi connectivity index (χ0n) is 17.4. The number of halogens is 1. The van der Waals surface area contributed by atoms with Crippen molar-refractivity contribution in [2.75, 3.05) is 46.4 Å². The van der Waals surface area contributed by atoms with Gasteiger partial charge in [0.25, 0.3) is 5.91 Å². The molecule has 0 aromatic heterocycles. The number of carbonyl (C=O) groups excluding carboxylic acids is 1. The van der Waals surface area contributed by atoms with Gasteiger partial charge >= 0.3 is 0 Å². The van der Waals surface area contributed by atoms with Crippen LogP contribution in [0.2, 0.25) is 5.02 Å². The van der Waals surface area contributed by atoms with E-state index in [0.29, 0.717) is 13.1 Å². The molecule has 0 spiro atoms. The van der Waals surface area contributed by atoms with Gasteiger partial charge < -0.3 is 19.9 Å². The first-order chi connectivity index (χ1) is 14.0. The second-order valence-electron chi connectivity index (χ2n) is 7.90. The summed E-state index contributed by atoms with van der Waals surface area (Å²) >= 11 is 5.90. The van der Waals surface area contributed by atoms with Crippen LogP contribution >= 0.6 is 11.6 Å². The van der Waals surface area contributed by atoms with Gasteiger partial charge in [0.1, 0.15) is 38.5 Å². The molecule has 1 aliphatic rings. The molecule has 3 N–H and O–H groups in total. The van der Waals surface area contributed by atoms with E-state index in [2.05, 4.69) is 30.4 Å². The number of benzene rings is 2. The van der Waals surface area contributed by atoms with E-state index in [1.165, 1.54) is 21.6 Å². The molecule has 1 aliphatic heterocycles. The minimum atomic E-state index is 0.137. The van der Waals surface area contributed by atoms with Crippen LogP contribution in [-0.2, 0) is 17.8 Å². The van der Waals surface area contributed by atoms with Crippen LogP contribution in [0.4, 0.5) is 0 Å². The van der Waals surface area contributed by atoms with Gasteiger partial charge in [-0.2, -0.15) is 0 Å². The third kappa shape index (κ3) is 6.74. The predicted octanol–water partition coefficient (Wildman–Crippen LogP) is 0.299. The van der Waals surface area contributed by atoms with Gasteiger partial charge in [-0.3, -0.25) is 4.79 Å². The number of quaternary nitrogens is 2. The van der Waals surface area contributed by atoms with Crippen LogP contribution in [0.5, 0.6) is 5.75 Å². The lowest BCUT2D eigenvalue weighted by atomic mass is 10.1. The minimum absolute atomic E-state index is 0.137. The fourth-order valence-electron chi connectivity index (χ4n) is 3.91. The summed E-state index contributed by atoms with van der Waals surface area (Å²) in [6, 6.07) is 14.1. The maximum absolute atomic E-state index is 12.3. The lowest BCUT2D eigenvalue weighted by molar-refractivity contribution is -1.02. The van der Waals surface area contributed by atoms with Gasteiger partial charge in [-0.1, -0.05) is 35.4 Å². The Labute approximate surface area is 178 Å². The van der Waals surface area contributed by atoms with Crippen LogP contribution < -0.4 is 19.9 Å². The second-order valence-corrected chi connectivity index (χ2v) is 8.33. The number of ether oxygens (including phenoxy) is 1. The van der Waals surface area contributed by atoms with Gasteiger partial charge in [0, 0.05) is 17.1 Å². The fraction of sp³-hybridized carbons (Fsp3) is 0.435. The normalized spacial score (nSPS) is 19.0. The standard InChI is InChI=1S/C23H30ClN3O2/c1-18-3-8-22(29-2)20(15-18)16-26-11-13-27(14-12-26)17-23(28)25-10-9-19-4-6-21(24)7-5-19/h3-8,15H,9-14,16-17H2,1-2H3,(H,25,28)/p+2. The number of piperazine rings is 1. The Kier molecular flexibility index (Phi) is 7.92. The van der Waals surface area contributed by atoms with Crippen LogP contribution in [0, 0.1) is 6.92 Å². The predicted molar refractivity (Wildman–Crippen MR) is 116 cm³/mol. The number of hydrogen-bond donors (Lipinski definition) is 3. The highest BCUT2D eigenvalue weighted by atomic mass is 35.5. The molecule has 156 valence electrons. The molecule has 1 amide bonds. The van der Waals surface area contributed by atoms with Gasteiger partial charge in [-0.05, 0) is 43.2 Å². The van der Waals surface area contributed by atoms with Crippen LogP contribution in [-0.4, -0.2) is 52.3 Å². The summed E-state index contributed by atoms with van der Waals surface area (Å²) in [5.41, 5.74) is 3.72. The molecule has 29 heavy (non-hydrogen) atoms. The number of hydrogen-bond acceptors (Lipinski definition) is 2. The molecule has 1 fully saturated rings. The summed E-state index contributed by atoms with van der Waals surface area (Å²) in [5, 5.41) is 3.79. The summed E-state index contributed by atoms with van der Waals surface area (Å²) < 4.78 is 5.51. The van der Waals surface area contributed by atoms with Crippen molar-refractivity contribution in [3.63, 3.8) is 0 Å². The smallest absolute Gasteiger partial charge is 0.275 e. The highest BCUT2D eigenvalue weighted by molar-refractivity contribution is 6.30. The molecule has 1 heterocycles. The first kappa shape index (κ1) is 21.6. The Balaban J connectivity index is 1.37. The first-order valence-corrected chi connectivity index (χ1v) is 10.7. The van der Waals surface area contributed by atoms with E-state index in [1.807, 2.05) is 24.3 Å². The highest BCUT2D eigenvalue weighted by Crippen LogP contribution is 2.18. The summed E-state index contributed by atoms with van der Waals surface area (Å²) in [5.74, 6) is 1.11. The van der Waals surface area contributed by atoms with Crippen LogP contribution in [0.15, 0.2) is 42.5 Å². The van der Waals surface area contributed by atoms with Crippen molar-refractivity contribution in [2.45, 2.75) is 19.9 Å². The molecule has 5 nitrogen and oxygen atoms in total. The summed E-state index contributed by atoms with van der Waals surface area (Å²) in [4.78, 5) is 15.2. The quantitative estimate of drug-likeness (QED) is 0.578. The molecular weight excluding hydrogens is 386 g/mol. The van der Waals surface area contributed by atoms with Crippen LogP contribution in [0.3, 0.4) is 0 Å². The number of methoxy groups -OCH3 is 1. The third-order valence-corrected chi connectivity index (χ3v) is 5.85. The van der Waals surface area contributed by atoms with Crippen LogP contribution in [0.25, 0.3) is 0 Å². The first-order valence-electron chi connectivity index (χ1n) is 10.4. The van der Waals surface area contributed by atoms with Crippen LogP contribution in [0.1, 0.15) is 16.7 Å². The van der Waals surface area contributed by atoms with E-state index in [0.717, 1.165) is 49.9 Å². The van der Waals surface area contributed by atoms with Crippen molar-refractivity contribution in [1.29, 1.82) is 0 Å². The molecule has 1 saturated heterocycles. The van der Waals surface area contributed by atoms with E-state index in [9.17, 15) is 4.79 Å². The Morgan fingerprint density at radius 1 is 1.07 bits per heavy atom. The minimum Gasteiger partial charge on any atom is -0.496 e. The molecule has 0 radical (unpaired) electrons. The summed E-state index contributed by atoms with van der Waals surface area (Å²) in [7, 11) is 1.73. The zero-order chi connectivity index (χ0) is 20.6. The molecule has 0 bridgehead atoms. The van der Waals surface area contributed by atoms with E-state index >= 15 is 0 Å². The molecule has 0 unspecified atom stereocenters. The van der Waals surface area contributed by atoms with E-state index in [1.54, 1.807) is 12.0 Å². The molecule has 2 aromatic carbocycles. The largest absolute Gasteiger partial charge is 0.496 e. The lowest BCUT2D eigenvalue weighted by Gasteiger charge is -2.29. The Morgan fingerprint density at radius 3 is 2.45 bits per heavy atom. The third-order valence-electron chi connectivity index (χ3n) is 5.60.